The van der Waals surface area contributed by atoms with E-state index in [1.54, 1.807) is 13.1 Å². The zero-order valence-corrected chi connectivity index (χ0v) is 23.8. The summed E-state index contributed by atoms with van der Waals surface area (Å²) in [7, 11) is 8.39. The number of anilines is 3. The number of hydrogen-bond donors (Lipinski definition) is 4. The lowest BCUT2D eigenvalue weighted by atomic mass is 10.1. The molecule has 1 aliphatic rings. The Hall–Kier alpha value is -3.93. The molecule has 3 rings (SSSR count). The molecular weight excluding hydrogens is 545 g/mol. The van der Waals surface area contributed by atoms with E-state index in [4.69, 9.17) is 32.7 Å². The predicted molar refractivity (Wildman–Crippen MR) is 156 cm³/mol. The number of aliphatic imine (C=N–C) groups is 1. The molecule has 1 aliphatic heterocycles. The number of rotatable bonds is 9. The van der Waals surface area contributed by atoms with E-state index in [-0.39, 0.29) is 28.3 Å². The molecule has 0 aromatic heterocycles. The summed E-state index contributed by atoms with van der Waals surface area (Å²) in [5, 5.41) is 12.1. The van der Waals surface area contributed by atoms with Crippen molar-refractivity contribution in [1.82, 2.24) is 15.1 Å². The number of carbonyl (C=O) groups excluding carboxylic acids is 2. The van der Waals surface area contributed by atoms with Crippen LogP contribution < -0.4 is 30.7 Å². The molecule has 0 atom stereocenters. The number of ether oxygens (including phenoxy) is 2. The number of nitrogens with zero attached hydrogens (tertiary/aromatic N) is 3. The van der Waals surface area contributed by atoms with Crippen molar-refractivity contribution in [2.45, 2.75) is 6.54 Å². The van der Waals surface area contributed by atoms with Crippen LogP contribution in [0.25, 0.3) is 0 Å². The van der Waals surface area contributed by atoms with Crippen molar-refractivity contribution in [3.05, 3.63) is 64.4 Å². The molecule has 0 radical (unpaired) electrons. The zero-order chi connectivity index (χ0) is 28.7. The maximum Gasteiger partial charge on any atom is 0.327 e. The Balaban J connectivity index is 1.82. The minimum absolute atomic E-state index is 0.131. The Kier molecular flexibility index (Phi) is 10.0. The molecular formula is C26H31Cl2N7O4. The second-order valence-electron chi connectivity index (χ2n) is 8.62. The standard InChI is InChI=1S/C26H31Cl2N7O4/c1-7-22(36)32-17-10-15(13-34(2)3)8-9-16(17)31-20-12-21(30-14-29-20)35(4)26(37)33-25-23(27)18(38-5)11-19(39-6)24(25)28/h7-12,30H,1,13-14H2,2-6H3,(H,29,31)(H,32,36)(H,33,37). The van der Waals surface area contributed by atoms with Crippen LogP contribution >= 0.6 is 23.2 Å². The summed E-state index contributed by atoms with van der Waals surface area (Å²) < 4.78 is 10.5. The van der Waals surface area contributed by atoms with Crippen LogP contribution in [0.15, 0.2) is 53.8 Å². The molecule has 11 nitrogen and oxygen atoms in total. The molecule has 0 fully saturated rings. The molecule has 3 amide bonds. The lowest BCUT2D eigenvalue weighted by Crippen LogP contribution is -2.39. The highest BCUT2D eigenvalue weighted by molar-refractivity contribution is 6.41. The number of methoxy groups -OCH3 is 2. The second-order valence-corrected chi connectivity index (χ2v) is 9.37. The van der Waals surface area contributed by atoms with Crippen LogP contribution in [0, 0.1) is 0 Å². The van der Waals surface area contributed by atoms with Crippen LogP contribution in [0.5, 0.6) is 11.5 Å². The first-order valence-corrected chi connectivity index (χ1v) is 12.5. The average Bonchev–Trinajstić information content (AvgIpc) is 2.91. The third kappa shape index (κ3) is 7.34. The van der Waals surface area contributed by atoms with Crippen LogP contribution in [-0.2, 0) is 11.3 Å². The van der Waals surface area contributed by atoms with Gasteiger partial charge in [0.1, 0.15) is 39.9 Å². The van der Waals surface area contributed by atoms with Gasteiger partial charge in [0.15, 0.2) is 0 Å². The Morgan fingerprint density at radius 1 is 1.08 bits per heavy atom. The lowest BCUT2D eigenvalue weighted by molar-refractivity contribution is -0.111. The third-order valence-electron chi connectivity index (χ3n) is 5.54. The summed E-state index contributed by atoms with van der Waals surface area (Å²) in [5.41, 5.74) is 2.35. The molecule has 0 aliphatic carbocycles. The summed E-state index contributed by atoms with van der Waals surface area (Å²) in [6.45, 7) is 4.42. The van der Waals surface area contributed by atoms with Crippen LogP contribution in [0.4, 0.5) is 21.9 Å². The van der Waals surface area contributed by atoms with Crippen molar-refractivity contribution in [3.8, 4) is 11.5 Å². The highest BCUT2D eigenvalue weighted by Gasteiger charge is 2.23. The SMILES string of the molecule is C=CC(=O)Nc1cc(CN(C)C)ccc1NC1=NCNC(N(C)C(=O)Nc2c(Cl)c(OC)cc(OC)c2Cl)=C1. The number of hydrogen-bond acceptors (Lipinski definition) is 8. The van der Waals surface area contributed by atoms with E-state index in [0.717, 1.165) is 5.56 Å². The van der Waals surface area contributed by atoms with Gasteiger partial charge in [0.2, 0.25) is 5.91 Å². The second kappa shape index (κ2) is 13.2. The first-order valence-electron chi connectivity index (χ1n) is 11.7. The number of halogens is 2. The Labute approximate surface area is 237 Å². The van der Waals surface area contributed by atoms with E-state index in [0.29, 0.717) is 41.1 Å². The van der Waals surface area contributed by atoms with Crippen molar-refractivity contribution in [1.29, 1.82) is 0 Å². The minimum Gasteiger partial charge on any atom is -0.495 e. The minimum atomic E-state index is -0.527. The summed E-state index contributed by atoms with van der Waals surface area (Å²) >= 11 is 12.8. The highest BCUT2D eigenvalue weighted by Crippen LogP contribution is 2.44. The molecule has 13 heteroatoms. The first-order chi connectivity index (χ1) is 18.6. The quantitative estimate of drug-likeness (QED) is 0.323. The van der Waals surface area contributed by atoms with Gasteiger partial charge >= 0.3 is 6.03 Å². The first kappa shape index (κ1) is 29.6. The van der Waals surface area contributed by atoms with Gasteiger partial charge in [0.05, 0.1) is 31.3 Å². The molecule has 0 unspecified atom stereocenters. The molecule has 2 aromatic carbocycles. The van der Waals surface area contributed by atoms with Crippen molar-refractivity contribution >= 4 is 58.0 Å². The van der Waals surface area contributed by atoms with Gasteiger partial charge in [0, 0.05) is 25.7 Å². The summed E-state index contributed by atoms with van der Waals surface area (Å²) in [6, 6.07) is 6.69. The maximum absolute atomic E-state index is 13.1. The third-order valence-corrected chi connectivity index (χ3v) is 6.29. The van der Waals surface area contributed by atoms with Gasteiger partial charge in [-0.25, -0.2) is 9.79 Å². The number of amidine groups is 1. The Bertz CT molecular complexity index is 1300. The Morgan fingerprint density at radius 3 is 2.33 bits per heavy atom. The zero-order valence-electron chi connectivity index (χ0n) is 22.3. The van der Waals surface area contributed by atoms with E-state index in [2.05, 4.69) is 32.8 Å². The van der Waals surface area contributed by atoms with E-state index >= 15 is 0 Å². The lowest BCUT2D eigenvalue weighted by Gasteiger charge is -2.26. The molecule has 0 bridgehead atoms. The van der Waals surface area contributed by atoms with Gasteiger partial charge in [-0.2, -0.15) is 0 Å². The topological polar surface area (TPSA) is 120 Å². The molecule has 4 N–H and O–H groups in total. The van der Waals surface area contributed by atoms with Gasteiger partial charge < -0.3 is 35.6 Å². The normalized spacial score (nSPS) is 12.5. The molecule has 208 valence electrons. The van der Waals surface area contributed by atoms with Gasteiger partial charge in [-0.3, -0.25) is 9.69 Å². The fourth-order valence-electron chi connectivity index (χ4n) is 3.61. The number of benzene rings is 2. The number of nitrogens with one attached hydrogen (secondary N) is 4. The van der Waals surface area contributed by atoms with E-state index < -0.39 is 6.03 Å². The molecule has 39 heavy (non-hydrogen) atoms. The van der Waals surface area contributed by atoms with E-state index in [9.17, 15) is 9.59 Å². The monoisotopic (exact) mass is 575 g/mol. The average molecular weight is 576 g/mol. The maximum atomic E-state index is 13.1. The molecule has 2 aromatic rings. The number of urea groups is 1. The van der Waals surface area contributed by atoms with Crippen molar-refractivity contribution in [2.24, 2.45) is 4.99 Å². The predicted octanol–water partition coefficient (Wildman–Crippen LogP) is 4.57. The number of amides is 3. The molecule has 0 saturated carbocycles. The Morgan fingerprint density at radius 2 is 1.74 bits per heavy atom. The van der Waals surface area contributed by atoms with Gasteiger partial charge in [-0.1, -0.05) is 35.8 Å². The van der Waals surface area contributed by atoms with Crippen molar-refractivity contribution in [2.75, 3.05) is 58.0 Å². The molecule has 0 saturated heterocycles. The van der Waals surface area contributed by atoms with E-state index in [1.807, 2.05) is 37.2 Å². The largest absolute Gasteiger partial charge is 0.495 e. The van der Waals surface area contributed by atoms with Crippen LogP contribution in [0.2, 0.25) is 10.0 Å². The summed E-state index contributed by atoms with van der Waals surface area (Å²) in [6.07, 6.45) is 2.86. The van der Waals surface area contributed by atoms with Crippen molar-refractivity contribution < 1.29 is 19.1 Å². The molecule has 1 heterocycles. The fourth-order valence-corrected chi connectivity index (χ4v) is 4.20. The summed E-state index contributed by atoms with van der Waals surface area (Å²) in [4.78, 5) is 33.0. The van der Waals surface area contributed by atoms with Crippen LogP contribution in [0.1, 0.15) is 5.56 Å². The van der Waals surface area contributed by atoms with Crippen LogP contribution in [-0.4, -0.2) is 69.6 Å². The fraction of sp³-hybridized carbons (Fsp3) is 0.269. The van der Waals surface area contributed by atoms with E-state index in [1.165, 1.54) is 31.3 Å². The van der Waals surface area contributed by atoms with Gasteiger partial charge in [-0.05, 0) is 37.9 Å². The highest BCUT2D eigenvalue weighted by atomic mass is 35.5. The van der Waals surface area contributed by atoms with Gasteiger partial charge in [0.25, 0.3) is 0 Å². The molecule has 0 spiro atoms. The number of carbonyl (C=O) groups is 2. The van der Waals surface area contributed by atoms with Crippen LogP contribution in [0.3, 0.4) is 0 Å². The smallest absolute Gasteiger partial charge is 0.327 e. The van der Waals surface area contributed by atoms with Gasteiger partial charge in [-0.15, -0.1) is 0 Å². The van der Waals surface area contributed by atoms with Crippen molar-refractivity contribution in [3.63, 3.8) is 0 Å². The summed E-state index contributed by atoms with van der Waals surface area (Å²) in [5.74, 6) is 1.16.